The number of hydrogen-bond donors (Lipinski definition) is 2. The van der Waals surface area contributed by atoms with Gasteiger partial charge in [0.1, 0.15) is 0 Å². The summed E-state index contributed by atoms with van der Waals surface area (Å²) in [6, 6.07) is 6.23. The molecule has 0 aliphatic carbocycles. The monoisotopic (exact) mass is 284 g/mol. The summed E-state index contributed by atoms with van der Waals surface area (Å²) in [5.74, 6) is 0. The molecule has 20 heavy (non-hydrogen) atoms. The first-order chi connectivity index (χ1) is 9.65. The van der Waals surface area contributed by atoms with Gasteiger partial charge in [-0.05, 0) is 26.3 Å². The second kappa shape index (κ2) is 5.09. The Morgan fingerprint density at radius 3 is 2.90 bits per heavy atom. The van der Waals surface area contributed by atoms with E-state index in [2.05, 4.69) is 52.5 Å². The van der Waals surface area contributed by atoms with Gasteiger partial charge in [0.2, 0.25) is 5.13 Å². The van der Waals surface area contributed by atoms with Crippen LogP contribution in [0.3, 0.4) is 0 Å². The molecule has 2 N–H and O–H groups in total. The van der Waals surface area contributed by atoms with Crippen LogP contribution >= 0.6 is 11.3 Å². The van der Waals surface area contributed by atoms with Crippen LogP contribution in [0.15, 0.2) is 28.7 Å². The standard InChI is InChI=1S/C15H16N4S/c1-9-8-20-15(17-9)19-16-7-12-5-4-6-13-10(2)11(3)18-14(12)13/h4-8,18H,1-3H3,(H,17,19). The molecule has 3 rings (SSSR count). The number of anilines is 1. The molecule has 0 saturated carbocycles. The molecule has 0 saturated heterocycles. The Bertz CT molecular complexity index is 782. The maximum atomic E-state index is 4.31. The van der Waals surface area contributed by atoms with Gasteiger partial charge in [-0.1, -0.05) is 18.2 Å². The summed E-state index contributed by atoms with van der Waals surface area (Å²) in [7, 11) is 0. The van der Waals surface area contributed by atoms with Gasteiger partial charge >= 0.3 is 0 Å². The van der Waals surface area contributed by atoms with Gasteiger partial charge in [-0.2, -0.15) is 5.10 Å². The topological polar surface area (TPSA) is 53.1 Å². The number of H-pyrrole nitrogens is 1. The van der Waals surface area contributed by atoms with E-state index in [1.165, 1.54) is 16.6 Å². The van der Waals surface area contributed by atoms with Crippen LogP contribution < -0.4 is 5.43 Å². The SMILES string of the molecule is Cc1csc(NN=Cc2cccc3c(C)c(C)[nH]c23)n1. The van der Waals surface area contributed by atoms with Crippen molar-refractivity contribution in [3.63, 3.8) is 0 Å². The van der Waals surface area contributed by atoms with Crippen molar-refractivity contribution in [2.45, 2.75) is 20.8 Å². The lowest BCUT2D eigenvalue weighted by Gasteiger charge is -1.97. The van der Waals surface area contributed by atoms with Crippen molar-refractivity contribution in [2.75, 3.05) is 5.43 Å². The number of aromatic amines is 1. The van der Waals surface area contributed by atoms with Gasteiger partial charge in [-0.15, -0.1) is 11.3 Å². The fourth-order valence-corrected chi connectivity index (χ4v) is 2.81. The molecule has 0 unspecified atom stereocenters. The van der Waals surface area contributed by atoms with E-state index in [9.17, 15) is 0 Å². The minimum Gasteiger partial charge on any atom is -0.358 e. The van der Waals surface area contributed by atoms with Crippen molar-refractivity contribution in [2.24, 2.45) is 5.10 Å². The van der Waals surface area contributed by atoms with Gasteiger partial charge < -0.3 is 4.98 Å². The van der Waals surface area contributed by atoms with Crippen molar-refractivity contribution >= 4 is 33.6 Å². The second-order valence-electron chi connectivity index (χ2n) is 4.81. The molecule has 0 atom stereocenters. The average molecular weight is 284 g/mol. The molecule has 0 bridgehead atoms. The molecule has 0 aliphatic rings. The zero-order valence-corrected chi connectivity index (χ0v) is 12.5. The summed E-state index contributed by atoms with van der Waals surface area (Å²) in [6.45, 7) is 6.19. The molecule has 2 heterocycles. The molecule has 0 amide bonds. The maximum Gasteiger partial charge on any atom is 0.203 e. The highest BCUT2D eigenvalue weighted by atomic mass is 32.1. The van der Waals surface area contributed by atoms with E-state index in [1.807, 2.05) is 18.5 Å². The number of nitrogens with one attached hydrogen (secondary N) is 2. The van der Waals surface area contributed by atoms with Crippen LogP contribution in [0.5, 0.6) is 0 Å². The molecule has 2 aromatic heterocycles. The number of hydrazone groups is 1. The quantitative estimate of drug-likeness (QED) is 0.564. The molecule has 0 aliphatic heterocycles. The van der Waals surface area contributed by atoms with Crippen LogP contribution in [0.4, 0.5) is 5.13 Å². The number of rotatable bonds is 3. The lowest BCUT2D eigenvalue weighted by molar-refractivity contribution is 1.22. The molecular weight excluding hydrogens is 268 g/mol. The molecule has 102 valence electrons. The third kappa shape index (κ3) is 2.32. The summed E-state index contributed by atoms with van der Waals surface area (Å²) in [4.78, 5) is 7.72. The van der Waals surface area contributed by atoms with Gasteiger partial charge in [-0.25, -0.2) is 4.98 Å². The van der Waals surface area contributed by atoms with Crippen molar-refractivity contribution in [3.8, 4) is 0 Å². The third-order valence-electron chi connectivity index (χ3n) is 3.36. The van der Waals surface area contributed by atoms with Gasteiger partial charge in [0, 0.05) is 22.0 Å². The highest BCUT2D eigenvalue weighted by Gasteiger charge is 2.06. The van der Waals surface area contributed by atoms with E-state index in [1.54, 1.807) is 11.3 Å². The Kier molecular flexibility index (Phi) is 3.28. The predicted molar refractivity (Wildman–Crippen MR) is 85.8 cm³/mol. The summed E-state index contributed by atoms with van der Waals surface area (Å²) >= 11 is 1.55. The number of aromatic nitrogens is 2. The first-order valence-electron chi connectivity index (χ1n) is 6.44. The Balaban J connectivity index is 1.89. The highest BCUT2D eigenvalue weighted by molar-refractivity contribution is 7.13. The number of nitrogens with zero attached hydrogens (tertiary/aromatic N) is 2. The molecule has 0 fully saturated rings. The normalized spacial score (nSPS) is 11.6. The smallest absolute Gasteiger partial charge is 0.203 e. The first-order valence-corrected chi connectivity index (χ1v) is 7.32. The molecular formula is C15H16N4S. The van der Waals surface area contributed by atoms with Gasteiger partial charge in [-0.3, -0.25) is 5.43 Å². The Hall–Kier alpha value is -2.14. The lowest BCUT2D eigenvalue weighted by Crippen LogP contribution is -1.91. The van der Waals surface area contributed by atoms with Crippen molar-refractivity contribution < 1.29 is 0 Å². The van der Waals surface area contributed by atoms with E-state index < -0.39 is 0 Å². The minimum atomic E-state index is 0.810. The number of para-hydroxylation sites is 1. The third-order valence-corrected chi connectivity index (χ3v) is 4.22. The van der Waals surface area contributed by atoms with Crippen LogP contribution in [0.1, 0.15) is 22.5 Å². The fraction of sp³-hybridized carbons (Fsp3) is 0.200. The Labute approximate surface area is 121 Å². The van der Waals surface area contributed by atoms with Gasteiger partial charge in [0.05, 0.1) is 17.4 Å². The lowest BCUT2D eigenvalue weighted by atomic mass is 10.1. The highest BCUT2D eigenvalue weighted by Crippen LogP contribution is 2.23. The van der Waals surface area contributed by atoms with E-state index in [0.29, 0.717) is 0 Å². The number of thiazole rings is 1. The molecule has 3 aromatic rings. The molecule has 5 heteroatoms. The van der Waals surface area contributed by atoms with Crippen molar-refractivity contribution in [3.05, 3.63) is 46.1 Å². The Morgan fingerprint density at radius 1 is 1.30 bits per heavy atom. The largest absolute Gasteiger partial charge is 0.358 e. The maximum absolute atomic E-state index is 4.31. The molecule has 0 radical (unpaired) electrons. The minimum absolute atomic E-state index is 0.810. The van der Waals surface area contributed by atoms with E-state index >= 15 is 0 Å². The average Bonchev–Trinajstić information content (AvgIpc) is 2.96. The molecule has 0 spiro atoms. The fourth-order valence-electron chi connectivity index (χ4n) is 2.18. The summed E-state index contributed by atoms with van der Waals surface area (Å²) < 4.78 is 0. The summed E-state index contributed by atoms with van der Waals surface area (Å²) in [5.41, 5.74) is 8.65. The van der Waals surface area contributed by atoms with Gasteiger partial charge in [0.25, 0.3) is 0 Å². The predicted octanol–water partition coefficient (Wildman–Crippen LogP) is 4.00. The van der Waals surface area contributed by atoms with Crippen LogP contribution in [0.25, 0.3) is 10.9 Å². The Morgan fingerprint density at radius 2 is 2.15 bits per heavy atom. The van der Waals surface area contributed by atoms with Gasteiger partial charge in [0.15, 0.2) is 0 Å². The summed E-state index contributed by atoms with van der Waals surface area (Å²) in [5, 5.41) is 8.32. The zero-order valence-electron chi connectivity index (χ0n) is 11.7. The van der Waals surface area contributed by atoms with Crippen molar-refractivity contribution in [1.82, 2.24) is 9.97 Å². The number of aryl methyl sites for hydroxylation is 3. The first kappa shape index (κ1) is 12.9. The molecule has 1 aromatic carbocycles. The van der Waals surface area contributed by atoms with E-state index in [0.717, 1.165) is 21.9 Å². The van der Waals surface area contributed by atoms with Crippen LogP contribution in [-0.4, -0.2) is 16.2 Å². The zero-order chi connectivity index (χ0) is 14.1. The molecule has 4 nitrogen and oxygen atoms in total. The number of hydrogen-bond acceptors (Lipinski definition) is 4. The van der Waals surface area contributed by atoms with Crippen molar-refractivity contribution in [1.29, 1.82) is 0 Å². The van der Waals surface area contributed by atoms with E-state index in [4.69, 9.17) is 0 Å². The summed E-state index contributed by atoms with van der Waals surface area (Å²) in [6.07, 6.45) is 1.83. The van der Waals surface area contributed by atoms with Crippen LogP contribution in [0.2, 0.25) is 0 Å². The second-order valence-corrected chi connectivity index (χ2v) is 5.67. The number of benzene rings is 1. The van der Waals surface area contributed by atoms with Crippen LogP contribution in [-0.2, 0) is 0 Å². The number of fused-ring (bicyclic) bond motifs is 1. The van der Waals surface area contributed by atoms with Crippen LogP contribution in [0, 0.1) is 20.8 Å². The van der Waals surface area contributed by atoms with E-state index in [-0.39, 0.29) is 0 Å².